The van der Waals surface area contributed by atoms with E-state index < -0.39 is 11.6 Å². The van der Waals surface area contributed by atoms with Gasteiger partial charge in [0.2, 0.25) is 5.91 Å². The second-order valence-corrected chi connectivity index (χ2v) is 6.78. The molecule has 0 spiro atoms. The van der Waals surface area contributed by atoms with Crippen molar-refractivity contribution in [2.24, 2.45) is 0 Å². The Hall–Kier alpha value is -1.53. The van der Waals surface area contributed by atoms with Crippen LogP contribution in [0.25, 0.3) is 0 Å². The van der Waals surface area contributed by atoms with Gasteiger partial charge in [-0.3, -0.25) is 4.79 Å². The van der Waals surface area contributed by atoms with Crippen molar-refractivity contribution in [2.45, 2.75) is 63.3 Å². The van der Waals surface area contributed by atoms with Gasteiger partial charge < -0.3 is 15.4 Å². The minimum Gasteiger partial charge on any atom is -0.372 e. The molecule has 1 amide bonds. The summed E-state index contributed by atoms with van der Waals surface area (Å²) in [6, 6.07) is 4.72. The van der Waals surface area contributed by atoms with E-state index in [-0.39, 0.29) is 24.1 Å². The Morgan fingerprint density at radius 1 is 1.08 bits per heavy atom. The van der Waals surface area contributed by atoms with Gasteiger partial charge in [-0.05, 0) is 49.8 Å². The van der Waals surface area contributed by atoms with Crippen LogP contribution in [0.15, 0.2) is 18.2 Å². The Labute approximate surface area is 141 Å². The summed E-state index contributed by atoms with van der Waals surface area (Å²) in [5, 5.41) is 6.59. The highest BCUT2D eigenvalue weighted by atomic mass is 19.2. The first-order valence-electron chi connectivity index (χ1n) is 8.62. The van der Waals surface area contributed by atoms with Gasteiger partial charge in [0.05, 0.1) is 6.10 Å². The van der Waals surface area contributed by atoms with E-state index in [0.29, 0.717) is 18.2 Å². The van der Waals surface area contributed by atoms with E-state index in [1.54, 1.807) is 13.0 Å². The maximum atomic E-state index is 13.5. The molecular weight excluding hydrogens is 314 g/mol. The number of rotatable bonds is 4. The van der Waals surface area contributed by atoms with Crippen LogP contribution in [0.5, 0.6) is 0 Å². The molecule has 0 unspecified atom stereocenters. The normalized spacial score (nSPS) is 30.3. The van der Waals surface area contributed by atoms with Crippen molar-refractivity contribution in [3.05, 3.63) is 35.4 Å². The zero-order valence-electron chi connectivity index (χ0n) is 13.9. The summed E-state index contributed by atoms with van der Waals surface area (Å²) < 4.78 is 32.4. The zero-order chi connectivity index (χ0) is 17.1. The van der Waals surface area contributed by atoms with E-state index in [1.807, 2.05) is 0 Å². The molecule has 24 heavy (non-hydrogen) atoms. The lowest BCUT2D eigenvalue weighted by Gasteiger charge is -2.32. The summed E-state index contributed by atoms with van der Waals surface area (Å²) in [7, 11) is 0. The lowest BCUT2D eigenvalue weighted by molar-refractivity contribution is -0.119. The van der Waals surface area contributed by atoms with E-state index in [0.717, 1.165) is 38.2 Å². The molecule has 1 saturated heterocycles. The molecule has 2 N–H and O–H groups in total. The van der Waals surface area contributed by atoms with Crippen molar-refractivity contribution in [1.29, 1.82) is 0 Å². The smallest absolute Gasteiger partial charge is 0.217 e. The van der Waals surface area contributed by atoms with Gasteiger partial charge in [0, 0.05) is 31.7 Å². The van der Waals surface area contributed by atoms with Crippen LogP contribution in [0.2, 0.25) is 0 Å². The van der Waals surface area contributed by atoms with Crippen LogP contribution >= 0.6 is 0 Å². The molecular formula is C18H24F2N2O2. The predicted octanol–water partition coefficient (Wildman–Crippen LogP) is 2.83. The quantitative estimate of drug-likeness (QED) is 0.888. The fraction of sp³-hybridized carbons (Fsp3) is 0.611. The van der Waals surface area contributed by atoms with Gasteiger partial charge in [0.1, 0.15) is 0 Å². The van der Waals surface area contributed by atoms with E-state index in [1.165, 1.54) is 6.07 Å². The number of carbonyl (C=O) groups excluding carboxylic acids is 1. The van der Waals surface area contributed by atoms with Gasteiger partial charge in [-0.25, -0.2) is 8.78 Å². The molecule has 1 aromatic carbocycles. The summed E-state index contributed by atoms with van der Waals surface area (Å²) in [6.45, 7) is 2.16. The molecule has 0 bridgehead atoms. The fourth-order valence-electron chi connectivity index (χ4n) is 3.77. The maximum Gasteiger partial charge on any atom is 0.217 e. The number of halogens is 2. The first-order valence-corrected chi connectivity index (χ1v) is 8.62. The van der Waals surface area contributed by atoms with Crippen molar-refractivity contribution >= 4 is 5.91 Å². The Morgan fingerprint density at radius 2 is 1.79 bits per heavy atom. The van der Waals surface area contributed by atoms with Crippen LogP contribution in [0.3, 0.4) is 0 Å². The average Bonchev–Trinajstić information content (AvgIpc) is 2.99. The number of hydrogen-bond acceptors (Lipinski definition) is 3. The van der Waals surface area contributed by atoms with Crippen molar-refractivity contribution in [3.63, 3.8) is 0 Å². The van der Waals surface area contributed by atoms with Crippen LogP contribution in [-0.2, 0) is 9.53 Å². The number of ether oxygens (including phenoxy) is 1. The summed E-state index contributed by atoms with van der Waals surface area (Å²) >= 11 is 0. The molecule has 1 aromatic rings. The van der Waals surface area contributed by atoms with Gasteiger partial charge in [-0.2, -0.15) is 0 Å². The third kappa shape index (κ3) is 4.11. The number of benzene rings is 1. The highest BCUT2D eigenvalue weighted by molar-refractivity contribution is 5.73. The summed E-state index contributed by atoms with van der Waals surface area (Å²) in [4.78, 5) is 11.1. The molecule has 1 aliphatic heterocycles. The van der Waals surface area contributed by atoms with Crippen molar-refractivity contribution in [1.82, 2.24) is 10.6 Å². The first-order chi connectivity index (χ1) is 11.5. The first kappa shape index (κ1) is 17.3. The monoisotopic (exact) mass is 338 g/mol. The Balaban J connectivity index is 1.57. The molecule has 3 rings (SSSR count). The summed E-state index contributed by atoms with van der Waals surface area (Å²) in [6.07, 6.45) is 4.52. The topological polar surface area (TPSA) is 50.4 Å². The average molecular weight is 338 g/mol. The molecule has 1 aliphatic carbocycles. The van der Waals surface area contributed by atoms with E-state index in [9.17, 15) is 13.6 Å². The molecule has 0 aromatic heterocycles. The van der Waals surface area contributed by atoms with Gasteiger partial charge in [0.15, 0.2) is 11.6 Å². The molecule has 1 heterocycles. The summed E-state index contributed by atoms with van der Waals surface area (Å²) in [5.74, 6) is -1.65. The molecule has 6 heteroatoms. The fourth-order valence-corrected chi connectivity index (χ4v) is 3.77. The second-order valence-electron chi connectivity index (χ2n) is 6.78. The molecule has 1 saturated carbocycles. The molecule has 132 valence electrons. The minimum absolute atomic E-state index is 0.0222. The number of carbonyl (C=O) groups is 1. The van der Waals surface area contributed by atoms with E-state index >= 15 is 0 Å². The standard InChI is InChI=1S/C18H24F2N2O2/c1-11(23)21-13-3-5-14(6-4-13)22-17-8-9-24-18(17)12-2-7-15(19)16(20)10-12/h2,7,10,13-14,17-18,22H,3-6,8-9H2,1H3,(H,21,23)/t13?,14?,17-,18-/m1/s1. The van der Waals surface area contributed by atoms with E-state index in [2.05, 4.69) is 10.6 Å². The predicted molar refractivity (Wildman–Crippen MR) is 86.5 cm³/mol. The van der Waals surface area contributed by atoms with Gasteiger partial charge in [-0.15, -0.1) is 0 Å². The van der Waals surface area contributed by atoms with E-state index in [4.69, 9.17) is 4.74 Å². The van der Waals surface area contributed by atoms with Gasteiger partial charge in [0.25, 0.3) is 0 Å². The van der Waals surface area contributed by atoms with Crippen molar-refractivity contribution in [2.75, 3.05) is 6.61 Å². The van der Waals surface area contributed by atoms with Crippen molar-refractivity contribution < 1.29 is 18.3 Å². The van der Waals surface area contributed by atoms with Gasteiger partial charge in [-0.1, -0.05) is 6.07 Å². The van der Waals surface area contributed by atoms with Crippen LogP contribution in [-0.4, -0.2) is 30.6 Å². The molecule has 2 atom stereocenters. The van der Waals surface area contributed by atoms with Crippen LogP contribution in [0.1, 0.15) is 50.7 Å². The largest absolute Gasteiger partial charge is 0.372 e. The molecule has 0 radical (unpaired) electrons. The number of nitrogens with one attached hydrogen (secondary N) is 2. The van der Waals surface area contributed by atoms with Gasteiger partial charge >= 0.3 is 0 Å². The Bertz CT molecular complexity index is 588. The minimum atomic E-state index is -0.836. The number of hydrogen-bond donors (Lipinski definition) is 2. The summed E-state index contributed by atoms with van der Waals surface area (Å²) in [5.41, 5.74) is 0.677. The zero-order valence-corrected chi connectivity index (χ0v) is 13.9. The lowest BCUT2D eigenvalue weighted by atomic mass is 9.89. The maximum absolute atomic E-state index is 13.5. The van der Waals surface area contributed by atoms with Crippen LogP contribution < -0.4 is 10.6 Å². The van der Waals surface area contributed by atoms with Crippen molar-refractivity contribution in [3.8, 4) is 0 Å². The third-order valence-electron chi connectivity index (χ3n) is 4.95. The highest BCUT2D eigenvalue weighted by Gasteiger charge is 2.33. The Kier molecular flexibility index (Phi) is 5.46. The van der Waals surface area contributed by atoms with Crippen LogP contribution in [0.4, 0.5) is 8.78 Å². The second kappa shape index (κ2) is 7.57. The third-order valence-corrected chi connectivity index (χ3v) is 4.95. The lowest BCUT2D eigenvalue weighted by Crippen LogP contribution is -2.45. The molecule has 2 fully saturated rings. The molecule has 2 aliphatic rings. The van der Waals surface area contributed by atoms with Crippen LogP contribution in [0, 0.1) is 11.6 Å². The Morgan fingerprint density at radius 3 is 2.46 bits per heavy atom. The molecule has 4 nitrogen and oxygen atoms in total. The highest BCUT2D eigenvalue weighted by Crippen LogP contribution is 2.31. The SMILES string of the molecule is CC(=O)NC1CCC(N[C@@H]2CCO[C@@H]2c2ccc(F)c(F)c2)CC1. The number of amides is 1.